The van der Waals surface area contributed by atoms with Crippen molar-refractivity contribution in [2.45, 2.75) is 6.92 Å². The number of esters is 1. The molecule has 0 unspecified atom stereocenters. The molecule has 2 aromatic rings. The third-order valence-corrected chi connectivity index (χ3v) is 2.85. The Morgan fingerprint density at radius 1 is 1.17 bits per heavy atom. The minimum absolute atomic E-state index is 0.0110. The average molecular weight is 315 g/mol. The van der Waals surface area contributed by atoms with Gasteiger partial charge in [0.05, 0.1) is 10.5 Å². The fraction of sp³-hybridized carbons (Fsp3) is 0.0667. The molecule has 0 saturated heterocycles. The van der Waals surface area contributed by atoms with Crippen LogP contribution in [0.15, 0.2) is 42.5 Å². The van der Waals surface area contributed by atoms with Crippen LogP contribution in [0.4, 0.5) is 17.1 Å². The monoisotopic (exact) mass is 315 g/mol. The van der Waals surface area contributed by atoms with Crippen molar-refractivity contribution in [3.63, 3.8) is 0 Å². The summed E-state index contributed by atoms with van der Waals surface area (Å²) in [5.74, 6) is -0.729. The maximum Gasteiger partial charge on any atom is 0.343 e. The Morgan fingerprint density at radius 2 is 1.83 bits per heavy atom. The summed E-state index contributed by atoms with van der Waals surface area (Å²) in [4.78, 5) is 33.1. The number of carbonyl (C=O) groups excluding carboxylic acids is 2. The number of nitrogens with one attached hydrogen (secondary N) is 1. The summed E-state index contributed by atoms with van der Waals surface area (Å²) in [6.45, 7) is 1.38. The first-order valence-corrected chi connectivity index (χ1v) is 6.50. The van der Waals surface area contributed by atoms with Crippen LogP contribution in [0.5, 0.6) is 5.75 Å². The summed E-state index contributed by atoms with van der Waals surface area (Å²) in [5.41, 5.74) is 5.64. The molecule has 0 spiro atoms. The molecule has 0 aliphatic rings. The van der Waals surface area contributed by atoms with Crippen molar-refractivity contribution >= 4 is 28.9 Å². The van der Waals surface area contributed by atoms with E-state index >= 15 is 0 Å². The zero-order valence-corrected chi connectivity index (χ0v) is 12.1. The van der Waals surface area contributed by atoms with Gasteiger partial charge in [-0.2, -0.15) is 0 Å². The third-order valence-electron chi connectivity index (χ3n) is 2.85. The molecule has 0 aliphatic carbocycles. The first-order chi connectivity index (χ1) is 10.9. The average Bonchev–Trinajstić information content (AvgIpc) is 2.48. The highest BCUT2D eigenvalue weighted by Gasteiger charge is 2.17. The van der Waals surface area contributed by atoms with Gasteiger partial charge in [0.15, 0.2) is 0 Å². The van der Waals surface area contributed by atoms with Gasteiger partial charge in [0, 0.05) is 18.7 Å². The minimum atomic E-state index is -0.750. The molecule has 0 saturated carbocycles. The number of benzene rings is 2. The van der Waals surface area contributed by atoms with Crippen molar-refractivity contribution < 1.29 is 19.2 Å². The van der Waals surface area contributed by atoms with Gasteiger partial charge in [0.2, 0.25) is 5.91 Å². The molecule has 8 nitrogen and oxygen atoms in total. The van der Waals surface area contributed by atoms with Crippen LogP contribution in [0, 0.1) is 10.1 Å². The van der Waals surface area contributed by atoms with Gasteiger partial charge in [-0.05, 0) is 36.4 Å². The van der Waals surface area contributed by atoms with E-state index < -0.39 is 10.9 Å². The number of nitrogen functional groups attached to an aromatic ring is 1. The molecule has 3 N–H and O–H groups in total. The Hall–Kier alpha value is -3.42. The second-order valence-electron chi connectivity index (χ2n) is 4.63. The second kappa shape index (κ2) is 6.56. The molecule has 2 rings (SSSR count). The van der Waals surface area contributed by atoms with Gasteiger partial charge in [-0.3, -0.25) is 14.9 Å². The lowest BCUT2D eigenvalue weighted by Crippen LogP contribution is -2.10. The number of hydrogen-bond donors (Lipinski definition) is 2. The summed E-state index contributed by atoms with van der Waals surface area (Å²) >= 11 is 0. The number of hydrogen-bond acceptors (Lipinski definition) is 6. The number of nitrogens with two attached hydrogens (primary N) is 1. The zero-order chi connectivity index (χ0) is 17.0. The summed E-state index contributed by atoms with van der Waals surface area (Å²) in [7, 11) is 0. The maximum absolute atomic E-state index is 12.0. The van der Waals surface area contributed by atoms with Gasteiger partial charge in [0.1, 0.15) is 11.4 Å². The van der Waals surface area contributed by atoms with Crippen LogP contribution < -0.4 is 15.8 Å². The fourth-order valence-electron chi connectivity index (χ4n) is 1.80. The predicted octanol–water partition coefficient (Wildman–Crippen LogP) is 2.35. The highest BCUT2D eigenvalue weighted by Crippen LogP contribution is 2.23. The summed E-state index contributed by atoms with van der Waals surface area (Å²) in [6, 6.07) is 9.79. The lowest BCUT2D eigenvalue weighted by Gasteiger charge is -2.06. The fourth-order valence-corrected chi connectivity index (χ4v) is 1.80. The van der Waals surface area contributed by atoms with Crippen LogP contribution in [0.1, 0.15) is 17.3 Å². The van der Waals surface area contributed by atoms with Gasteiger partial charge in [0.25, 0.3) is 5.69 Å². The van der Waals surface area contributed by atoms with Crippen molar-refractivity contribution in [2.24, 2.45) is 0 Å². The van der Waals surface area contributed by atoms with Crippen LogP contribution in [-0.2, 0) is 4.79 Å². The van der Waals surface area contributed by atoms with Gasteiger partial charge in [-0.1, -0.05) is 0 Å². The number of ether oxygens (including phenoxy) is 1. The normalized spacial score (nSPS) is 9.96. The second-order valence-corrected chi connectivity index (χ2v) is 4.63. The smallest absolute Gasteiger partial charge is 0.343 e. The number of nitro groups is 1. The highest BCUT2D eigenvalue weighted by molar-refractivity contribution is 5.93. The molecular weight excluding hydrogens is 302 g/mol. The maximum atomic E-state index is 12.0. The van der Waals surface area contributed by atoms with E-state index in [1.54, 1.807) is 12.1 Å². The number of carbonyl (C=O) groups is 2. The largest absolute Gasteiger partial charge is 0.423 e. The van der Waals surface area contributed by atoms with E-state index in [-0.39, 0.29) is 28.6 Å². The molecule has 0 fully saturated rings. The number of nitro benzene ring substituents is 1. The Labute approximate surface area is 131 Å². The van der Waals surface area contributed by atoms with Crippen LogP contribution in [-0.4, -0.2) is 16.8 Å². The molecule has 0 aromatic heterocycles. The van der Waals surface area contributed by atoms with Gasteiger partial charge in [-0.25, -0.2) is 4.79 Å². The summed E-state index contributed by atoms with van der Waals surface area (Å²) < 4.78 is 5.12. The molecule has 0 radical (unpaired) electrons. The van der Waals surface area contributed by atoms with E-state index in [1.807, 2.05) is 0 Å². The topological polar surface area (TPSA) is 125 Å². The molecule has 8 heteroatoms. The predicted molar refractivity (Wildman–Crippen MR) is 83.2 cm³/mol. The standard InChI is InChI=1S/C15H13N3O5/c1-9(19)17-11-3-5-12(6-4-11)23-15(20)10-2-7-13(16)14(8-10)18(21)22/h2-8H,16H2,1H3,(H,17,19). The Bertz CT molecular complexity index is 771. The van der Waals surface area contributed by atoms with Crippen LogP contribution in [0.25, 0.3) is 0 Å². The number of rotatable bonds is 4. The van der Waals surface area contributed by atoms with Crippen molar-refractivity contribution in [1.29, 1.82) is 0 Å². The summed E-state index contributed by atoms with van der Waals surface area (Å²) in [5, 5.41) is 13.4. The molecule has 2 aromatic carbocycles. The molecule has 118 valence electrons. The lowest BCUT2D eigenvalue weighted by atomic mass is 10.2. The van der Waals surface area contributed by atoms with Crippen molar-refractivity contribution in [3.05, 3.63) is 58.1 Å². The van der Waals surface area contributed by atoms with Crippen molar-refractivity contribution in [1.82, 2.24) is 0 Å². The van der Waals surface area contributed by atoms with Crippen LogP contribution >= 0.6 is 0 Å². The number of nitrogens with zero attached hydrogens (tertiary/aromatic N) is 1. The zero-order valence-electron chi connectivity index (χ0n) is 12.1. The Balaban J connectivity index is 2.14. The van der Waals surface area contributed by atoms with E-state index in [9.17, 15) is 19.7 Å². The molecule has 0 aliphatic heterocycles. The molecule has 1 amide bonds. The van der Waals surface area contributed by atoms with Gasteiger partial charge in [-0.15, -0.1) is 0 Å². The molecule has 23 heavy (non-hydrogen) atoms. The molecule has 0 bridgehead atoms. The van der Waals surface area contributed by atoms with Crippen LogP contribution in [0.2, 0.25) is 0 Å². The molecular formula is C15H13N3O5. The van der Waals surface area contributed by atoms with E-state index in [4.69, 9.17) is 10.5 Å². The lowest BCUT2D eigenvalue weighted by molar-refractivity contribution is -0.383. The van der Waals surface area contributed by atoms with Gasteiger partial charge < -0.3 is 15.8 Å². The van der Waals surface area contributed by atoms with E-state index in [1.165, 1.54) is 31.2 Å². The van der Waals surface area contributed by atoms with E-state index in [0.29, 0.717) is 5.69 Å². The third kappa shape index (κ3) is 4.03. The molecule has 0 heterocycles. The minimum Gasteiger partial charge on any atom is -0.423 e. The molecule has 0 atom stereocenters. The number of anilines is 2. The van der Waals surface area contributed by atoms with E-state index in [2.05, 4.69) is 5.32 Å². The van der Waals surface area contributed by atoms with E-state index in [0.717, 1.165) is 6.07 Å². The van der Waals surface area contributed by atoms with Gasteiger partial charge >= 0.3 is 5.97 Å². The Morgan fingerprint density at radius 3 is 2.39 bits per heavy atom. The van der Waals surface area contributed by atoms with Crippen molar-refractivity contribution in [3.8, 4) is 5.75 Å². The first kappa shape index (κ1) is 16.0. The Kier molecular flexibility index (Phi) is 4.55. The van der Waals surface area contributed by atoms with Crippen LogP contribution in [0.3, 0.4) is 0 Å². The first-order valence-electron chi connectivity index (χ1n) is 6.50. The van der Waals surface area contributed by atoms with Crippen molar-refractivity contribution in [2.75, 3.05) is 11.1 Å². The SMILES string of the molecule is CC(=O)Nc1ccc(OC(=O)c2ccc(N)c([N+](=O)[O-])c2)cc1. The quantitative estimate of drug-likeness (QED) is 0.293. The summed E-state index contributed by atoms with van der Waals surface area (Å²) in [6.07, 6.45) is 0. The number of amides is 1. The highest BCUT2D eigenvalue weighted by atomic mass is 16.6.